The number of phenolic OH excluding ortho intramolecular Hbond substituents is 1. The highest BCUT2D eigenvalue weighted by molar-refractivity contribution is 6.00. The Bertz CT molecular complexity index is 1290. The number of carbonyl (C=O) groups is 1. The molecule has 0 fully saturated rings. The third-order valence-corrected chi connectivity index (χ3v) is 5.63. The van der Waals surface area contributed by atoms with Crippen LogP contribution in [-0.2, 0) is 6.61 Å². The van der Waals surface area contributed by atoms with Crippen molar-refractivity contribution < 1.29 is 24.5 Å². The standard InChI is InChI=1S/C30H28O5/c31-25-16-14-22(15-17-25)9-4-1-2-7-18-34-29-20-24(30(32)33)19-27-26(29)12-8-13-28(27)35-21-23-10-5-3-6-11-23/h3-6,8-17,19-20,31H,1-2,7,18,21H2,(H,32,33)/b9-4+. The fourth-order valence-electron chi connectivity index (χ4n) is 3.78. The Morgan fingerprint density at radius 2 is 1.60 bits per heavy atom. The Morgan fingerprint density at radius 1 is 0.800 bits per heavy atom. The van der Waals surface area contributed by atoms with E-state index in [1.165, 1.54) is 0 Å². The number of rotatable bonds is 11. The minimum Gasteiger partial charge on any atom is -0.508 e. The van der Waals surface area contributed by atoms with Gasteiger partial charge in [-0.25, -0.2) is 4.79 Å². The maximum absolute atomic E-state index is 11.8. The summed E-state index contributed by atoms with van der Waals surface area (Å²) >= 11 is 0. The van der Waals surface area contributed by atoms with Crippen LogP contribution in [0, 0.1) is 0 Å². The minimum atomic E-state index is -1.01. The number of aromatic hydroxyl groups is 1. The van der Waals surface area contributed by atoms with Gasteiger partial charge in [-0.2, -0.15) is 0 Å². The molecule has 0 aliphatic carbocycles. The van der Waals surface area contributed by atoms with E-state index in [9.17, 15) is 15.0 Å². The van der Waals surface area contributed by atoms with E-state index < -0.39 is 5.97 Å². The first-order valence-corrected chi connectivity index (χ1v) is 11.7. The van der Waals surface area contributed by atoms with Gasteiger partial charge in [0.15, 0.2) is 0 Å². The predicted molar refractivity (Wildman–Crippen MR) is 138 cm³/mol. The van der Waals surface area contributed by atoms with E-state index >= 15 is 0 Å². The molecule has 0 aliphatic rings. The number of ether oxygens (including phenoxy) is 2. The largest absolute Gasteiger partial charge is 0.508 e. The second kappa shape index (κ2) is 11.7. The topological polar surface area (TPSA) is 76.0 Å². The van der Waals surface area contributed by atoms with Crippen LogP contribution in [0.1, 0.15) is 40.7 Å². The summed E-state index contributed by atoms with van der Waals surface area (Å²) in [4.78, 5) is 11.8. The Hall–Kier alpha value is -4.25. The first-order chi connectivity index (χ1) is 17.1. The van der Waals surface area contributed by atoms with Gasteiger partial charge in [0, 0.05) is 10.8 Å². The van der Waals surface area contributed by atoms with E-state index in [2.05, 4.69) is 6.08 Å². The van der Waals surface area contributed by atoms with Crippen molar-refractivity contribution in [3.8, 4) is 17.2 Å². The van der Waals surface area contributed by atoms with Gasteiger partial charge in [0.2, 0.25) is 0 Å². The molecule has 5 nitrogen and oxygen atoms in total. The Kier molecular flexibility index (Phi) is 8.02. The highest BCUT2D eigenvalue weighted by Gasteiger charge is 2.13. The molecule has 4 rings (SSSR count). The average Bonchev–Trinajstić information content (AvgIpc) is 2.88. The number of phenols is 1. The molecule has 178 valence electrons. The van der Waals surface area contributed by atoms with Crippen molar-refractivity contribution in [2.24, 2.45) is 0 Å². The lowest BCUT2D eigenvalue weighted by Gasteiger charge is -2.14. The van der Waals surface area contributed by atoms with Crippen LogP contribution >= 0.6 is 0 Å². The molecule has 0 radical (unpaired) electrons. The number of benzene rings is 4. The van der Waals surface area contributed by atoms with Crippen LogP contribution in [0.25, 0.3) is 16.8 Å². The summed E-state index contributed by atoms with van der Waals surface area (Å²) in [7, 11) is 0. The molecule has 35 heavy (non-hydrogen) atoms. The van der Waals surface area contributed by atoms with E-state index in [0.717, 1.165) is 41.2 Å². The van der Waals surface area contributed by atoms with Crippen LogP contribution < -0.4 is 9.47 Å². The summed E-state index contributed by atoms with van der Waals surface area (Å²) in [6, 6.07) is 25.8. The molecular formula is C30H28O5. The molecule has 4 aromatic rings. The lowest BCUT2D eigenvalue weighted by Crippen LogP contribution is -2.03. The van der Waals surface area contributed by atoms with Crippen LogP contribution in [0.4, 0.5) is 0 Å². The zero-order chi connectivity index (χ0) is 24.5. The average molecular weight is 469 g/mol. The molecule has 0 heterocycles. The molecule has 0 bridgehead atoms. The number of unbranched alkanes of at least 4 members (excludes halogenated alkanes) is 2. The van der Waals surface area contributed by atoms with Gasteiger partial charge in [-0.15, -0.1) is 0 Å². The van der Waals surface area contributed by atoms with Crippen LogP contribution in [0.15, 0.2) is 91.0 Å². The predicted octanol–water partition coefficient (Wildman–Crippen LogP) is 7.09. The molecule has 0 saturated carbocycles. The molecule has 4 aromatic carbocycles. The molecule has 2 N–H and O–H groups in total. The zero-order valence-corrected chi connectivity index (χ0v) is 19.4. The van der Waals surface area contributed by atoms with E-state index in [-0.39, 0.29) is 11.3 Å². The van der Waals surface area contributed by atoms with E-state index in [4.69, 9.17) is 9.47 Å². The molecule has 5 heteroatoms. The molecule has 0 saturated heterocycles. The van der Waals surface area contributed by atoms with Gasteiger partial charge in [0.1, 0.15) is 23.9 Å². The number of hydrogen-bond acceptors (Lipinski definition) is 4. The highest BCUT2D eigenvalue weighted by atomic mass is 16.5. The zero-order valence-electron chi connectivity index (χ0n) is 19.4. The number of allylic oxidation sites excluding steroid dienone is 1. The summed E-state index contributed by atoms with van der Waals surface area (Å²) < 4.78 is 12.1. The van der Waals surface area contributed by atoms with Gasteiger partial charge in [0.25, 0.3) is 0 Å². The van der Waals surface area contributed by atoms with Crippen LogP contribution in [0.2, 0.25) is 0 Å². The van der Waals surface area contributed by atoms with Crippen molar-refractivity contribution in [3.05, 3.63) is 108 Å². The number of carboxylic acid groups (broad SMARTS) is 1. The van der Waals surface area contributed by atoms with E-state index in [1.54, 1.807) is 24.3 Å². The summed E-state index contributed by atoms with van der Waals surface area (Å²) in [6.07, 6.45) is 6.81. The van der Waals surface area contributed by atoms with Gasteiger partial charge >= 0.3 is 5.97 Å². The first-order valence-electron chi connectivity index (χ1n) is 11.7. The van der Waals surface area contributed by atoms with Gasteiger partial charge < -0.3 is 19.7 Å². The molecule has 0 aromatic heterocycles. The monoisotopic (exact) mass is 468 g/mol. The quantitative estimate of drug-likeness (QED) is 0.230. The van der Waals surface area contributed by atoms with Crippen molar-refractivity contribution >= 4 is 22.8 Å². The number of aromatic carboxylic acids is 1. The molecular weight excluding hydrogens is 440 g/mol. The van der Waals surface area contributed by atoms with Gasteiger partial charge in [-0.1, -0.05) is 66.7 Å². The molecule has 0 aliphatic heterocycles. The van der Waals surface area contributed by atoms with E-state index in [0.29, 0.717) is 24.7 Å². The molecule has 0 atom stereocenters. The summed E-state index contributed by atoms with van der Waals surface area (Å²) in [5.41, 5.74) is 2.25. The number of hydrogen-bond donors (Lipinski definition) is 2. The summed E-state index contributed by atoms with van der Waals surface area (Å²) in [5, 5.41) is 20.5. The second-order valence-corrected chi connectivity index (χ2v) is 8.24. The van der Waals surface area contributed by atoms with Crippen molar-refractivity contribution in [1.82, 2.24) is 0 Å². The second-order valence-electron chi connectivity index (χ2n) is 8.24. The van der Waals surface area contributed by atoms with Crippen LogP contribution in [0.3, 0.4) is 0 Å². The van der Waals surface area contributed by atoms with Gasteiger partial charge in [-0.05, 0) is 60.7 Å². The Morgan fingerprint density at radius 3 is 2.37 bits per heavy atom. The van der Waals surface area contributed by atoms with Crippen molar-refractivity contribution in [1.29, 1.82) is 0 Å². The van der Waals surface area contributed by atoms with Gasteiger partial charge in [0.05, 0.1) is 12.2 Å². The third-order valence-electron chi connectivity index (χ3n) is 5.63. The summed E-state index contributed by atoms with van der Waals surface area (Å²) in [6.45, 7) is 0.880. The minimum absolute atomic E-state index is 0.167. The van der Waals surface area contributed by atoms with Crippen molar-refractivity contribution in [2.45, 2.75) is 25.9 Å². The summed E-state index contributed by atoms with van der Waals surface area (Å²) in [5.74, 6) is 0.422. The lowest BCUT2D eigenvalue weighted by molar-refractivity contribution is 0.0696. The number of carboxylic acids is 1. The van der Waals surface area contributed by atoms with Crippen molar-refractivity contribution in [2.75, 3.05) is 6.61 Å². The molecule has 0 amide bonds. The highest BCUT2D eigenvalue weighted by Crippen LogP contribution is 2.34. The van der Waals surface area contributed by atoms with E-state index in [1.807, 2.05) is 66.7 Å². The lowest BCUT2D eigenvalue weighted by atomic mass is 10.0. The van der Waals surface area contributed by atoms with Crippen LogP contribution in [0.5, 0.6) is 17.2 Å². The Balaban J connectivity index is 1.40. The maximum Gasteiger partial charge on any atom is 0.335 e. The third kappa shape index (κ3) is 6.64. The first kappa shape index (κ1) is 23.9. The maximum atomic E-state index is 11.8. The molecule has 0 spiro atoms. The van der Waals surface area contributed by atoms with Gasteiger partial charge in [-0.3, -0.25) is 0 Å². The fourth-order valence-corrected chi connectivity index (χ4v) is 3.78. The normalized spacial score (nSPS) is 11.1. The van der Waals surface area contributed by atoms with Crippen molar-refractivity contribution in [3.63, 3.8) is 0 Å². The SMILES string of the molecule is O=C(O)c1cc(OCCCC/C=C/c2ccc(O)cc2)c2cccc(OCc3ccccc3)c2c1. The number of fused-ring (bicyclic) bond motifs is 1. The fraction of sp³-hybridized carbons (Fsp3) is 0.167. The smallest absolute Gasteiger partial charge is 0.335 e. The molecule has 0 unspecified atom stereocenters. The van der Waals surface area contributed by atoms with Crippen LogP contribution in [-0.4, -0.2) is 22.8 Å². The Labute approximate surface area is 204 Å².